The van der Waals surface area contributed by atoms with Gasteiger partial charge >= 0.3 is 12.0 Å². The number of aliphatic carboxylic acids is 1. The second-order valence-corrected chi connectivity index (χ2v) is 4.98. The molecule has 0 saturated carbocycles. The van der Waals surface area contributed by atoms with Crippen LogP contribution in [-0.2, 0) is 9.53 Å². The predicted octanol–water partition coefficient (Wildman–Crippen LogP) is 1.31. The van der Waals surface area contributed by atoms with Crippen molar-refractivity contribution in [2.24, 2.45) is 5.92 Å². The normalized spacial score (nSPS) is 22.7. The maximum Gasteiger partial charge on any atom is 0.326 e. The molecule has 0 spiro atoms. The van der Waals surface area contributed by atoms with Crippen LogP contribution in [0.5, 0.6) is 0 Å². The molecule has 1 unspecified atom stereocenters. The highest BCUT2D eigenvalue weighted by atomic mass is 16.5. The molecule has 1 saturated heterocycles. The Kier molecular flexibility index (Phi) is 6.08. The van der Waals surface area contributed by atoms with Crippen LogP contribution in [0.2, 0.25) is 0 Å². The van der Waals surface area contributed by atoms with E-state index >= 15 is 0 Å². The van der Waals surface area contributed by atoms with Gasteiger partial charge in [-0.25, -0.2) is 9.59 Å². The average molecular weight is 272 g/mol. The third-order valence-electron chi connectivity index (χ3n) is 3.72. The maximum absolute atomic E-state index is 12.2. The Labute approximate surface area is 114 Å². The van der Waals surface area contributed by atoms with E-state index in [1.165, 1.54) is 0 Å². The van der Waals surface area contributed by atoms with Gasteiger partial charge in [-0.1, -0.05) is 27.2 Å². The predicted molar refractivity (Wildman–Crippen MR) is 71.0 cm³/mol. The van der Waals surface area contributed by atoms with E-state index in [-0.39, 0.29) is 18.0 Å². The Morgan fingerprint density at radius 3 is 2.68 bits per heavy atom. The van der Waals surface area contributed by atoms with Crippen molar-refractivity contribution in [3.63, 3.8) is 0 Å². The molecular formula is C13H24N2O4. The molecule has 0 aromatic rings. The Morgan fingerprint density at radius 2 is 2.16 bits per heavy atom. The van der Waals surface area contributed by atoms with E-state index in [9.17, 15) is 14.7 Å². The van der Waals surface area contributed by atoms with Crippen molar-refractivity contribution in [3.05, 3.63) is 0 Å². The highest BCUT2D eigenvalue weighted by molar-refractivity contribution is 5.83. The first kappa shape index (κ1) is 15.8. The summed E-state index contributed by atoms with van der Waals surface area (Å²) in [7, 11) is 0. The van der Waals surface area contributed by atoms with Crippen molar-refractivity contribution in [2.45, 2.75) is 45.7 Å². The molecule has 0 bridgehead atoms. The van der Waals surface area contributed by atoms with Crippen LogP contribution in [0.4, 0.5) is 4.79 Å². The molecule has 0 aromatic carbocycles. The first-order valence-corrected chi connectivity index (χ1v) is 6.88. The standard InChI is InChI=1S/C13H24N2O4/c1-4-9(3)11(12(16)17)14-13(18)15-6-7-19-8-10(15)5-2/h9-11H,4-8H2,1-3H3,(H,14,18)(H,16,17)/t9-,10?,11-/m0/s1. The van der Waals surface area contributed by atoms with Crippen molar-refractivity contribution in [1.82, 2.24) is 10.2 Å². The summed E-state index contributed by atoms with van der Waals surface area (Å²) in [5.41, 5.74) is 0. The largest absolute Gasteiger partial charge is 0.480 e. The molecule has 1 rings (SSSR count). The first-order chi connectivity index (χ1) is 9.01. The van der Waals surface area contributed by atoms with Gasteiger partial charge in [0.2, 0.25) is 0 Å². The Balaban J connectivity index is 2.67. The molecule has 0 radical (unpaired) electrons. The van der Waals surface area contributed by atoms with Crippen molar-refractivity contribution in [1.29, 1.82) is 0 Å². The third kappa shape index (κ3) is 4.09. The zero-order valence-corrected chi connectivity index (χ0v) is 11.9. The lowest BCUT2D eigenvalue weighted by molar-refractivity contribution is -0.140. The molecule has 2 N–H and O–H groups in total. The van der Waals surface area contributed by atoms with Gasteiger partial charge in [0.25, 0.3) is 0 Å². The molecule has 0 aromatic heterocycles. The number of ether oxygens (including phenoxy) is 1. The second kappa shape index (κ2) is 7.33. The van der Waals surface area contributed by atoms with Crippen LogP contribution in [0.25, 0.3) is 0 Å². The zero-order valence-electron chi connectivity index (χ0n) is 11.9. The molecule has 19 heavy (non-hydrogen) atoms. The minimum atomic E-state index is -0.982. The highest BCUT2D eigenvalue weighted by Gasteiger charge is 2.31. The monoisotopic (exact) mass is 272 g/mol. The summed E-state index contributed by atoms with van der Waals surface area (Å²) in [4.78, 5) is 25.1. The molecule has 1 fully saturated rings. The Hall–Kier alpha value is -1.30. The molecule has 2 amide bonds. The van der Waals surface area contributed by atoms with E-state index in [4.69, 9.17) is 4.74 Å². The summed E-state index contributed by atoms with van der Waals surface area (Å²) in [5.74, 6) is -1.08. The van der Waals surface area contributed by atoms with Gasteiger partial charge in [-0.2, -0.15) is 0 Å². The third-order valence-corrected chi connectivity index (χ3v) is 3.72. The topological polar surface area (TPSA) is 78.9 Å². The SMILES string of the molecule is CCC1COCCN1C(=O)N[C@H](C(=O)O)[C@@H](C)CC. The summed E-state index contributed by atoms with van der Waals surface area (Å²) in [6.07, 6.45) is 1.51. The van der Waals surface area contributed by atoms with Crippen LogP contribution in [-0.4, -0.2) is 53.8 Å². The van der Waals surface area contributed by atoms with E-state index in [0.29, 0.717) is 26.2 Å². The lowest BCUT2D eigenvalue weighted by Crippen LogP contribution is -2.56. The molecule has 3 atom stereocenters. The summed E-state index contributed by atoms with van der Waals surface area (Å²) in [6.45, 7) is 7.27. The lowest BCUT2D eigenvalue weighted by Gasteiger charge is -2.36. The molecule has 6 heteroatoms. The molecular weight excluding hydrogens is 248 g/mol. The maximum atomic E-state index is 12.2. The number of carbonyl (C=O) groups is 2. The van der Waals surface area contributed by atoms with Gasteiger partial charge in [-0.15, -0.1) is 0 Å². The van der Waals surface area contributed by atoms with Crippen molar-refractivity contribution < 1.29 is 19.4 Å². The molecule has 1 heterocycles. The van der Waals surface area contributed by atoms with Crippen LogP contribution in [0, 0.1) is 5.92 Å². The van der Waals surface area contributed by atoms with Crippen LogP contribution in [0.15, 0.2) is 0 Å². The second-order valence-electron chi connectivity index (χ2n) is 4.98. The van der Waals surface area contributed by atoms with Gasteiger partial charge in [-0.05, 0) is 12.3 Å². The van der Waals surface area contributed by atoms with Crippen LogP contribution in [0.1, 0.15) is 33.6 Å². The summed E-state index contributed by atoms with van der Waals surface area (Å²) >= 11 is 0. The number of morpholine rings is 1. The molecule has 1 aliphatic heterocycles. The van der Waals surface area contributed by atoms with Gasteiger partial charge < -0.3 is 20.1 Å². The van der Waals surface area contributed by atoms with Gasteiger partial charge in [0.15, 0.2) is 0 Å². The number of carbonyl (C=O) groups excluding carboxylic acids is 1. The van der Waals surface area contributed by atoms with Crippen molar-refractivity contribution >= 4 is 12.0 Å². The Morgan fingerprint density at radius 1 is 1.47 bits per heavy atom. The number of nitrogens with zero attached hydrogens (tertiary/aromatic N) is 1. The minimum Gasteiger partial charge on any atom is -0.480 e. The smallest absolute Gasteiger partial charge is 0.326 e. The quantitative estimate of drug-likeness (QED) is 0.791. The van der Waals surface area contributed by atoms with Crippen LogP contribution >= 0.6 is 0 Å². The lowest BCUT2D eigenvalue weighted by atomic mass is 9.99. The van der Waals surface area contributed by atoms with E-state index in [0.717, 1.165) is 6.42 Å². The van der Waals surface area contributed by atoms with Crippen molar-refractivity contribution in [3.8, 4) is 0 Å². The fourth-order valence-electron chi connectivity index (χ4n) is 2.16. The van der Waals surface area contributed by atoms with E-state index in [1.807, 2.05) is 20.8 Å². The molecule has 1 aliphatic rings. The number of hydrogen-bond acceptors (Lipinski definition) is 3. The van der Waals surface area contributed by atoms with Gasteiger partial charge in [0.1, 0.15) is 6.04 Å². The fraction of sp³-hybridized carbons (Fsp3) is 0.846. The number of carboxylic acids is 1. The number of rotatable bonds is 5. The number of amides is 2. The average Bonchev–Trinajstić information content (AvgIpc) is 2.43. The molecule has 0 aliphatic carbocycles. The molecule has 110 valence electrons. The Bertz CT molecular complexity index is 322. The fourth-order valence-corrected chi connectivity index (χ4v) is 2.16. The van der Waals surface area contributed by atoms with E-state index in [2.05, 4.69) is 5.32 Å². The van der Waals surface area contributed by atoms with E-state index in [1.54, 1.807) is 4.90 Å². The van der Waals surface area contributed by atoms with Gasteiger partial charge in [-0.3, -0.25) is 0 Å². The summed E-state index contributed by atoms with van der Waals surface area (Å²) in [5, 5.41) is 11.8. The number of urea groups is 1. The minimum absolute atomic E-state index is 0.0279. The number of carboxylic acid groups (broad SMARTS) is 1. The number of nitrogens with one attached hydrogen (secondary N) is 1. The van der Waals surface area contributed by atoms with Crippen LogP contribution in [0.3, 0.4) is 0 Å². The van der Waals surface area contributed by atoms with Gasteiger partial charge in [0.05, 0.1) is 19.3 Å². The summed E-state index contributed by atoms with van der Waals surface area (Å²) in [6, 6.07) is -1.11. The van der Waals surface area contributed by atoms with Crippen LogP contribution < -0.4 is 5.32 Å². The van der Waals surface area contributed by atoms with E-state index < -0.39 is 12.0 Å². The number of hydrogen-bond donors (Lipinski definition) is 2. The summed E-state index contributed by atoms with van der Waals surface area (Å²) < 4.78 is 5.34. The van der Waals surface area contributed by atoms with Crippen molar-refractivity contribution in [2.75, 3.05) is 19.8 Å². The highest BCUT2D eigenvalue weighted by Crippen LogP contribution is 2.13. The van der Waals surface area contributed by atoms with Gasteiger partial charge in [0, 0.05) is 6.54 Å². The first-order valence-electron chi connectivity index (χ1n) is 6.88. The zero-order chi connectivity index (χ0) is 14.4. The molecule has 6 nitrogen and oxygen atoms in total.